The van der Waals surface area contributed by atoms with Crippen molar-refractivity contribution in [1.82, 2.24) is 19.6 Å². The van der Waals surface area contributed by atoms with Gasteiger partial charge in [-0.25, -0.2) is 4.98 Å². The molecule has 0 aliphatic carbocycles. The van der Waals surface area contributed by atoms with E-state index < -0.39 is 5.41 Å². The fourth-order valence-corrected chi connectivity index (χ4v) is 2.80. The van der Waals surface area contributed by atoms with E-state index in [1.807, 2.05) is 56.4 Å². The van der Waals surface area contributed by atoms with Gasteiger partial charge in [-0.05, 0) is 43.3 Å². The highest BCUT2D eigenvalue weighted by molar-refractivity contribution is 5.94. The predicted molar refractivity (Wildman–Crippen MR) is 108 cm³/mol. The standard InChI is InChI=1S/C21H21N5O2/c1-13-24-25-18-19(23-16-7-5-6-8-17(16)26(13)18)28-15-11-9-14(10-12-15)22-20(27)21(2,3)4/h5-12H,1-4H3,(H,22,27). The highest BCUT2D eigenvalue weighted by Crippen LogP contribution is 2.28. The van der Waals surface area contributed by atoms with Crippen molar-refractivity contribution in [2.45, 2.75) is 27.7 Å². The number of hydrogen-bond acceptors (Lipinski definition) is 5. The van der Waals surface area contributed by atoms with Crippen LogP contribution in [0.5, 0.6) is 11.6 Å². The molecule has 2 aromatic carbocycles. The number of rotatable bonds is 3. The van der Waals surface area contributed by atoms with Crippen LogP contribution in [0.25, 0.3) is 16.7 Å². The maximum atomic E-state index is 12.1. The molecule has 0 aliphatic heterocycles. The van der Waals surface area contributed by atoms with Crippen LogP contribution >= 0.6 is 0 Å². The minimum Gasteiger partial charge on any atom is -0.436 e. The Morgan fingerprint density at radius 2 is 1.75 bits per heavy atom. The molecular formula is C21H21N5O2. The van der Waals surface area contributed by atoms with Gasteiger partial charge in [-0.15, -0.1) is 10.2 Å². The second-order valence-corrected chi connectivity index (χ2v) is 7.64. The quantitative estimate of drug-likeness (QED) is 0.575. The fourth-order valence-electron chi connectivity index (χ4n) is 2.80. The van der Waals surface area contributed by atoms with Gasteiger partial charge in [-0.1, -0.05) is 32.9 Å². The maximum Gasteiger partial charge on any atom is 0.266 e. The Bertz CT molecular complexity index is 1170. The molecule has 4 rings (SSSR count). The molecule has 0 bridgehead atoms. The number of aryl methyl sites for hydroxylation is 1. The van der Waals surface area contributed by atoms with E-state index in [0.29, 0.717) is 23.0 Å². The van der Waals surface area contributed by atoms with E-state index in [1.165, 1.54) is 0 Å². The second-order valence-electron chi connectivity index (χ2n) is 7.64. The average Bonchev–Trinajstić information content (AvgIpc) is 3.05. The summed E-state index contributed by atoms with van der Waals surface area (Å²) in [7, 11) is 0. The number of benzene rings is 2. The van der Waals surface area contributed by atoms with Gasteiger partial charge in [0, 0.05) is 11.1 Å². The van der Waals surface area contributed by atoms with Crippen molar-refractivity contribution in [2.24, 2.45) is 5.41 Å². The Hall–Kier alpha value is -3.48. The Morgan fingerprint density at radius 3 is 2.46 bits per heavy atom. The van der Waals surface area contributed by atoms with Crippen LogP contribution in [0.1, 0.15) is 26.6 Å². The lowest BCUT2D eigenvalue weighted by atomic mass is 9.95. The lowest BCUT2D eigenvalue weighted by Gasteiger charge is -2.17. The number of ether oxygens (including phenoxy) is 1. The molecular weight excluding hydrogens is 354 g/mol. The van der Waals surface area contributed by atoms with Gasteiger partial charge in [0.2, 0.25) is 11.6 Å². The summed E-state index contributed by atoms with van der Waals surface area (Å²) >= 11 is 0. The van der Waals surface area contributed by atoms with Crippen molar-refractivity contribution < 1.29 is 9.53 Å². The van der Waals surface area contributed by atoms with Crippen molar-refractivity contribution in [2.75, 3.05) is 5.32 Å². The van der Waals surface area contributed by atoms with Crippen molar-refractivity contribution >= 4 is 28.3 Å². The van der Waals surface area contributed by atoms with Crippen molar-refractivity contribution in [1.29, 1.82) is 0 Å². The van der Waals surface area contributed by atoms with Crippen LogP contribution in [0.15, 0.2) is 48.5 Å². The van der Waals surface area contributed by atoms with E-state index in [4.69, 9.17) is 4.74 Å². The van der Waals surface area contributed by atoms with E-state index in [0.717, 1.165) is 16.9 Å². The molecule has 0 atom stereocenters. The number of anilines is 1. The van der Waals surface area contributed by atoms with Gasteiger partial charge in [-0.2, -0.15) is 0 Å². The monoisotopic (exact) mass is 375 g/mol. The minimum atomic E-state index is -0.457. The zero-order valence-electron chi connectivity index (χ0n) is 16.2. The topological polar surface area (TPSA) is 81.4 Å². The molecule has 0 radical (unpaired) electrons. The van der Waals surface area contributed by atoms with Gasteiger partial charge in [0.25, 0.3) is 5.88 Å². The van der Waals surface area contributed by atoms with Gasteiger partial charge < -0.3 is 10.1 Å². The molecule has 0 spiro atoms. The van der Waals surface area contributed by atoms with E-state index >= 15 is 0 Å². The molecule has 4 aromatic rings. The number of carbonyl (C=O) groups excluding carboxylic acids is 1. The number of hydrogen-bond donors (Lipinski definition) is 1. The van der Waals surface area contributed by atoms with Crippen LogP contribution in [0.2, 0.25) is 0 Å². The van der Waals surface area contributed by atoms with Crippen LogP contribution in [-0.2, 0) is 4.79 Å². The third kappa shape index (κ3) is 3.26. The molecule has 0 saturated carbocycles. The van der Waals surface area contributed by atoms with Crippen LogP contribution in [0.3, 0.4) is 0 Å². The molecule has 142 valence electrons. The second kappa shape index (κ2) is 6.60. The summed E-state index contributed by atoms with van der Waals surface area (Å²) in [4.78, 5) is 16.7. The van der Waals surface area contributed by atoms with Crippen LogP contribution in [-0.4, -0.2) is 25.5 Å². The highest BCUT2D eigenvalue weighted by Gasteiger charge is 2.21. The Kier molecular flexibility index (Phi) is 4.22. The lowest BCUT2D eigenvalue weighted by molar-refractivity contribution is -0.123. The Morgan fingerprint density at radius 1 is 1.04 bits per heavy atom. The minimum absolute atomic E-state index is 0.0435. The van der Waals surface area contributed by atoms with Crippen LogP contribution in [0, 0.1) is 12.3 Å². The first-order chi connectivity index (χ1) is 13.3. The smallest absolute Gasteiger partial charge is 0.266 e. The van der Waals surface area contributed by atoms with Crippen LogP contribution in [0.4, 0.5) is 5.69 Å². The Balaban J connectivity index is 1.66. The summed E-state index contributed by atoms with van der Waals surface area (Å²) in [5, 5.41) is 11.3. The third-order valence-electron chi connectivity index (χ3n) is 4.37. The molecule has 7 nitrogen and oxygen atoms in total. The van der Waals surface area contributed by atoms with E-state index in [9.17, 15) is 4.79 Å². The summed E-state index contributed by atoms with van der Waals surface area (Å²) in [5.41, 5.74) is 2.53. The first-order valence-corrected chi connectivity index (χ1v) is 9.03. The number of nitrogens with one attached hydrogen (secondary N) is 1. The number of amides is 1. The third-order valence-corrected chi connectivity index (χ3v) is 4.37. The lowest BCUT2D eigenvalue weighted by Crippen LogP contribution is -2.27. The molecule has 28 heavy (non-hydrogen) atoms. The number of carbonyl (C=O) groups is 1. The number of nitrogens with zero attached hydrogens (tertiary/aromatic N) is 4. The summed E-state index contributed by atoms with van der Waals surface area (Å²) in [5.74, 6) is 1.70. The van der Waals surface area contributed by atoms with Crippen molar-refractivity contribution in [3.8, 4) is 11.6 Å². The molecule has 0 fully saturated rings. The summed E-state index contributed by atoms with van der Waals surface area (Å²) in [6, 6.07) is 14.9. The SMILES string of the molecule is Cc1nnc2c(Oc3ccc(NC(=O)C(C)(C)C)cc3)nc3ccccc3n12. The van der Waals surface area contributed by atoms with Gasteiger partial charge in [-0.3, -0.25) is 9.20 Å². The highest BCUT2D eigenvalue weighted by atomic mass is 16.5. The predicted octanol–water partition coefficient (Wildman–Crippen LogP) is 4.36. The first-order valence-electron chi connectivity index (χ1n) is 9.03. The van der Waals surface area contributed by atoms with Crippen molar-refractivity contribution in [3.05, 3.63) is 54.4 Å². The average molecular weight is 375 g/mol. The summed E-state index contributed by atoms with van der Waals surface area (Å²) < 4.78 is 7.92. The molecule has 1 amide bonds. The normalized spacial score (nSPS) is 11.7. The van der Waals surface area contributed by atoms with Gasteiger partial charge in [0.1, 0.15) is 11.6 Å². The van der Waals surface area contributed by atoms with E-state index in [1.54, 1.807) is 24.3 Å². The molecule has 2 heterocycles. The summed E-state index contributed by atoms with van der Waals surface area (Å²) in [6.45, 7) is 7.51. The van der Waals surface area contributed by atoms with Crippen LogP contribution < -0.4 is 10.1 Å². The van der Waals surface area contributed by atoms with Gasteiger partial charge in [0.05, 0.1) is 11.0 Å². The fraction of sp³-hybridized carbons (Fsp3) is 0.238. The largest absolute Gasteiger partial charge is 0.436 e. The number of para-hydroxylation sites is 2. The number of aromatic nitrogens is 4. The van der Waals surface area contributed by atoms with E-state index in [-0.39, 0.29) is 5.91 Å². The van der Waals surface area contributed by atoms with Gasteiger partial charge in [0.15, 0.2) is 0 Å². The molecule has 2 aromatic heterocycles. The van der Waals surface area contributed by atoms with E-state index in [2.05, 4.69) is 20.5 Å². The molecule has 0 saturated heterocycles. The Labute approximate surface area is 162 Å². The molecule has 0 aliphatic rings. The first kappa shape index (κ1) is 17.9. The van der Waals surface area contributed by atoms with Gasteiger partial charge >= 0.3 is 0 Å². The number of fused-ring (bicyclic) bond motifs is 3. The maximum absolute atomic E-state index is 12.1. The van der Waals surface area contributed by atoms with Crippen molar-refractivity contribution in [3.63, 3.8) is 0 Å². The molecule has 0 unspecified atom stereocenters. The summed E-state index contributed by atoms with van der Waals surface area (Å²) in [6.07, 6.45) is 0. The zero-order valence-corrected chi connectivity index (χ0v) is 16.2. The zero-order chi connectivity index (χ0) is 19.9. The molecule has 1 N–H and O–H groups in total. The molecule has 7 heteroatoms.